The highest BCUT2D eigenvalue weighted by Crippen LogP contribution is 2.39. The Bertz CT molecular complexity index is 915. The van der Waals surface area contributed by atoms with Crippen LogP contribution in [-0.2, 0) is 17.4 Å². The Morgan fingerprint density at radius 3 is 2.85 bits per heavy atom. The molecule has 7 heteroatoms. The van der Waals surface area contributed by atoms with E-state index in [1.54, 1.807) is 30.8 Å². The van der Waals surface area contributed by atoms with Gasteiger partial charge in [-0.1, -0.05) is 31.4 Å². The van der Waals surface area contributed by atoms with Gasteiger partial charge < -0.3 is 4.42 Å². The van der Waals surface area contributed by atoms with Crippen LogP contribution in [0.1, 0.15) is 54.5 Å². The van der Waals surface area contributed by atoms with Crippen LogP contribution < -0.4 is 4.72 Å². The van der Waals surface area contributed by atoms with Crippen molar-refractivity contribution >= 4 is 22.3 Å². The summed E-state index contributed by atoms with van der Waals surface area (Å²) in [5.74, 6) is 1.24. The van der Waals surface area contributed by atoms with E-state index in [2.05, 4.69) is 15.8 Å². The van der Waals surface area contributed by atoms with Gasteiger partial charge in [0.1, 0.15) is 17.2 Å². The van der Waals surface area contributed by atoms with Crippen LogP contribution >= 0.6 is 11.3 Å². The van der Waals surface area contributed by atoms with Gasteiger partial charge in [-0.05, 0) is 31.5 Å². The third-order valence-electron chi connectivity index (χ3n) is 5.01. The zero-order valence-corrected chi connectivity index (χ0v) is 16.9. The average molecular weight is 402 g/mol. The van der Waals surface area contributed by atoms with Crippen molar-refractivity contribution in [3.05, 3.63) is 53.3 Å². The summed E-state index contributed by atoms with van der Waals surface area (Å²) in [5.41, 5.74) is 2.01. The van der Waals surface area contributed by atoms with Crippen molar-refractivity contribution in [1.82, 2.24) is 14.7 Å². The summed E-state index contributed by atoms with van der Waals surface area (Å²) in [6.45, 7) is 0. The summed E-state index contributed by atoms with van der Waals surface area (Å²) in [6, 6.07) is 6.07. The number of hydrogen-bond acceptors (Lipinski definition) is 5. The molecule has 0 saturated heterocycles. The van der Waals surface area contributed by atoms with Crippen LogP contribution in [0, 0.1) is 0 Å². The Labute approximate surface area is 165 Å². The number of nitrogens with one attached hydrogen (secondary N) is 1. The number of benzene rings is 1. The Morgan fingerprint density at radius 2 is 2.11 bits per heavy atom. The molecule has 0 radical (unpaired) electrons. The summed E-state index contributed by atoms with van der Waals surface area (Å²) >= 11 is 1.74. The summed E-state index contributed by atoms with van der Waals surface area (Å²) in [6.07, 6.45) is 12.1. The minimum absolute atomic E-state index is 0.581. The molecule has 0 bridgehead atoms. The van der Waals surface area contributed by atoms with Crippen molar-refractivity contribution in [3.63, 3.8) is 0 Å². The second kappa shape index (κ2) is 8.46. The van der Waals surface area contributed by atoms with Crippen LogP contribution in [0.15, 0.2) is 46.2 Å². The van der Waals surface area contributed by atoms with E-state index in [0.717, 1.165) is 20.9 Å². The molecule has 1 atom stereocenters. The first-order valence-electron chi connectivity index (χ1n) is 9.31. The van der Waals surface area contributed by atoms with Crippen molar-refractivity contribution < 1.29 is 8.63 Å². The number of hydrogen-bond donors (Lipinski definition) is 1. The van der Waals surface area contributed by atoms with E-state index in [1.165, 1.54) is 37.1 Å². The fourth-order valence-electron chi connectivity index (χ4n) is 3.61. The van der Waals surface area contributed by atoms with E-state index in [1.807, 2.05) is 18.3 Å². The maximum absolute atomic E-state index is 12.6. The quantitative estimate of drug-likeness (QED) is 0.651. The Hall–Kier alpha value is -1.83. The molecule has 1 saturated carbocycles. The number of rotatable bonds is 6. The minimum Gasteiger partial charge on any atom is -0.449 e. The van der Waals surface area contributed by atoms with Crippen molar-refractivity contribution in [2.75, 3.05) is 7.05 Å². The molecule has 0 aliphatic heterocycles. The molecule has 2 aromatic heterocycles. The molecule has 1 aromatic carbocycles. The van der Waals surface area contributed by atoms with Crippen molar-refractivity contribution in [1.29, 1.82) is 0 Å². The second-order valence-electron chi connectivity index (χ2n) is 6.80. The Kier molecular flexibility index (Phi) is 5.80. The minimum atomic E-state index is -1.28. The molecule has 1 aliphatic rings. The average Bonchev–Trinajstić information content (AvgIpc) is 3.40. The molecule has 3 aromatic rings. The first kappa shape index (κ1) is 18.5. The van der Waals surface area contributed by atoms with Gasteiger partial charge in [-0.3, -0.25) is 0 Å². The lowest BCUT2D eigenvalue weighted by Gasteiger charge is -2.18. The van der Waals surface area contributed by atoms with Gasteiger partial charge in [-0.25, -0.2) is 18.9 Å². The van der Waals surface area contributed by atoms with Gasteiger partial charge in [0.2, 0.25) is 0 Å². The maximum Gasteiger partial charge on any atom is 0.198 e. The predicted molar refractivity (Wildman–Crippen MR) is 108 cm³/mol. The smallest absolute Gasteiger partial charge is 0.198 e. The van der Waals surface area contributed by atoms with Crippen molar-refractivity contribution in [3.8, 4) is 10.4 Å². The summed E-state index contributed by atoms with van der Waals surface area (Å²) in [5, 5.41) is 1.22. The molecule has 0 spiro atoms. The van der Waals surface area contributed by atoms with Gasteiger partial charge in [0.05, 0.1) is 21.0 Å². The summed E-state index contributed by atoms with van der Waals surface area (Å²) in [4.78, 5) is 10.7. The predicted octanol–water partition coefficient (Wildman–Crippen LogP) is 4.68. The fraction of sp³-hybridized carbons (Fsp3) is 0.400. The monoisotopic (exact) mass is 401 g/mol. The number of thiazole rings is 1. The van der Waals surface area contributed by atoms with E-state index in [4.69, 9.17) is 9.40 Å². The van der Waals surface area contributed by atoms with Gasteiger partial charge in [0.25, 0.3) is 0 Å². The van der Waals surface area contributed by atoms with Crippen LogP contribution in [0.25, 0.3) is 10.4 Å². The van der Waals surface area contributed by atoms with Crippen LogP contribution in [-0.4, -0.2) is 21.2 Å². The third-order valence-corrected chi connectivity index (χ3v) is 7.31. The summed E-state index contributed by atoms with van der Waals surface area (Å²) in [7, 11) is 0.430. The normalized spacial score (nSPS) is 16.5. The molecular weight excluding hydrogens is 378 g/mol. The lowest BCUT2D eigenvalue weighted by molar-refractivity contribution is 0.442. The van der Waals surface area contributed by atoms with Crippen molar-refractivity contribution in [2.24, 2.45) is 0 Å². The van der Waals surface area contributed by atoms with E-state index in [9.17, 15) is 4.21 Å². The highest BCUT2D eigenvalue weighted by atomic mass is 32.2. The second-order valence-corrected chi connectivity index (χ2v) is 9.25. The lowest BCUT2D eigenvalue weighted by Crippen LogP contribution is -2.12. The first-order valence-corrected chi connectivity index (χ1v) is 11.3. The maximum atomic E-state index is 12.6. The van der Waals surface area contributed by atoms with E-state index in [-0.39, 0.29) is 0 Å². The van der Waals surface area contributed by atoms with Gasteiger partial charge >= 0.3 is 0 Å². The molecule has 142 valence electrons. The van der Waals surface area contributed by atoms with Crippen LogP contribution in [0.2, 0.25) is 0 Å². The largest absolute Gasteiger partial charge is 0.449 e. The number of nitrogens with zero attached hydrogens (tertiary/aromatic N) is 2. The standard InChI is InChI=1S/C20H23N3O2S2/c1-21-27(24)18-11-14(12-19-22-9-10-25-19)7-8-16(18)17-13-23-20(26-17)15-5-3-2-4-6-15/h7-11,13,15,21H,2-6,12H2,1H3. The third kappa shape index (κ3) is 4.20. The van der Waals surface area contributed by atoms with Crippen molar-refractivity contribution in [2.45, 2.75) is 49.3 Å². The molecule has 5 nitrogen and oxygen atoms in total. The van der Waals surface area contributed by atoms with E-state index in [0.29, 0.717) is 18.2 Å². The highest BCUT2D eigenvalue weighted by molar-refractivity contribution is 7.83. The van der Waals surface area contributed by atoms with Gasteiger partial charge in [-0.15, -0.1) is 11.3 Å². The van der Waals surface area contributed by atoms with E-state index < -0.39 is 11.0 Å². The first-order chi connectivity index (χ1) is 13.2. The lowest BCUT2D eigenvalue weighted by atomic mass is 9.90. The molecule has 1 fully saturated rings. The van der Waals surface area contributed by atoms with E-state index >= 15 is 0 Å². The zero-order chi connectivity index (χ0) is 18.6. The van der Waals surface area contributed by atoms with Crippen LogP contribution in [0.4, 0.5) is 0 Å². The number of oxazole rings is 1. The van der Waals surface area contributed by atoms with Crippen LogP contribution in [0.5, 0.6) is 0 Å². The molecule has 4 rings (SSSR count). The Morgan fingerprint density at radius 1 is 1.26 bits per heavy atom. The molecule has 1 N–H and O–H groups in total. The highest BCUT2D eigenvalue weighted by Gasteiger charge is 2.21. The molecule has 1 aliphatic carbocycles. The summed E-state index contributed by atoms with van der Waals surface area (Å²) < 4.78 is 20.8. The van der Waals surface area contributed by atoms with Gasteiger partial charge in [0, 0.05) is 24.1 Å². The fourth-order valence-corrected chi connectivity index (χ4v) is 5.66. The molecular formula is C20H23N3O2S2. The van der Waals surface area contributed by atoms with Crippen LogP contribution in [0.3, 0.4) is 0 Å². The molecule has 2 heterocycles. The molecule has 27 heavy (non-hydrogen) atoms. The van der Waals surface area contributed by atoms with Gasteiger partial charge in [0.15, 0.2) is 5.89 Å². The van der Waals surface area contributed by atoms with Gasteiger partial charge in [-0.2, -0.15) is 0 Å². The number of aromatic nitrogens is 2. The molecule has 0 amide bonds. The topological polar surface area (TPSA) is 68.0 Å². The SMILES string of the molecule is CNS(=O)c1cc(Cc2ncco2)ccc1-c1cnc(C2CCCCC2)s1. The molecule has 1 unspecified atom stereocenters. The zero-order valence-electron chi connectivity index (χ0n) is 15.3. The Balaban J connectivity index is 1.65.